The highest BCUT2D eigenvalue weighted by Crippen LogP contribution is 2.35. The van der Waals surface area contributed by atoms with E-state index in [0.29, 0.717) is 23.4 Å². The van der Waals surface area contributed by atoms with Gasteiger partial charge in [0.25, 0.3) is 5.91 Å². The predicted molar refractivity (Wildman–Crippen MR) is 64.4 cm³/mol. The van der Waals surface area contributed by atoms with Crippen LogP contribution in [-0.2, 0) is 9.59 Å². The number of hydrogen-bond acceptors (Lipinski definition) is 4. The van der Waals surface area contributed by atoms with Crippen LogP contribution in [0.3, 0.4) is 0 Å². The lowest BCUT2D eigenvalue weighted by Gasteiger charge is -2.23. The van der Waals surface area contributed by atoms with E-state index >= 15 is 0 Å². The monoisotopic (exact) mass is 250 g/mol. The fourth-order valence-electron chi connectivity index (χ4n) is 1.86. The minimum atomic E-state index is -0.885. The molecule has 4 N–H and O–H groups in total. The molecule has 0 spiro atoms. The highest BCUT2D eigenvalue weighted by molar-refractivity contribution is 5.95. The number of rotatable bonds is 4. The Morgan fingerprint density at radius 2 is 2.33 bits per heavy atom. The van der Waals surface area contributed by atoms with E-state index in [0.717, 1.165) is 0 Å². The molecular formula is C12H14N2O4. The minimum Gasteiger partial charge on any atom is -0.481 e. The Kier molecular flexibility index (Phi) is 3.47. The molecule has 2 rings (SSSR count). The number of aliphatic carboxylic acids is 1. The van der Waals surface area contributed by atoms with Crippen LogP contribution in [0.2, 0.25) is 0 Å². The van der Waals surface area contributed by atoms with Crippen molar-refractivity contribution in [3.63, 3.8) is 0 Å². The van der Waals surface area contributed by atoms with E-state index < -0.39 is 12.0 Å². The Morgan fingerprint density at radius 3 is 3.06 bits per heavy atom. The van der Waals surface area contributed by atoms with Crippen molar-refractivity contribution in [1.29, 1.82) is 0 Å². The number of nitrogens with two attached hydrogens (primary N) is 1. The highest BCUT2D eigenvalue weighted by atomic mass is 16.5. The standard InChI is InChI=1S/C12H14N2O4/c13-8(4-5-11(16)17)7-2-1-3-9-12(7)18-6-10(15)14-9/h1-3,8H,4-6,13H2,(H,14,15)(H,16,17). The van der Waals surface area contributed by atoms with Crippen molar-refractivity contribution in [2.75, 3.05) is 11.9 Å². The van der Waals surface area contributed by atoms with Gasteiger partial charge in [-0.1, -0.05) is 12.1 Å². The average Bonchev–Trinajstić information content (AvgIpc) is 2.34. The molecule has 0 radical (unpaired) electrons. The molecule has 0 bridgehead atoms. The van der Waals surface area contributed by atoms with E-state index in [2.05, 4.69) is 5.32 Å². The summed E-state index contributed by atoms with van der Waals surface area (Å²) in [6.07, 6.45) is 0.320. The van der Waals surface area contributed by atoms with Crippen molar-refractivity contribution in [2.45, 2.75) is 18.9 Å². The average molecular weight is 250 g/mol. The lowest BCUT2D eigenvalue weighted by Crippen LogP contribution is -2.27. The molecule has 1 aromatic carbocycles. The molecular weight excluding hydrogens is 236 g/mol. The summed E-state index contributed by atoms with van der Waals surface area (Å²) in [7, 11) is 0. The lowest BCUT2D eigenvalue weighted by atomic mass is 10.0. The lowest BCUT2D eigenvalue weighted by molar-refractivity contribution is -0.137. The maximum atomic E-state index is 11.2. The van der Waals surface area contributed by atoms with Crippen molar-refractivity contribution in [3.05, 3.63) is 23.8 Å². The second kappa shape index (κ2) is 5.05. The largest absolute Gasteiger partial charge is 0.481 e. The SMILES string of the molecule is NC(CCC(=O)O)c1cccc2c1OCC(=O)N2. The van der Waals surface area contributed by atoms with Crippen LogP contribution in [0.25, 0.3) is 0 Å². The minimum absolute atomic E-state index is 0.00278. The number of hydrogen-bond donors (Lipinski definition) is 3. The Balaban J connectivity index is 2.20. The number of benzene rings is 1. The number of carboxylic acid groups (broad SMARTS) is 1. The fraction of sp³-hybridized carbons (Fsp3) is 0.333. The second-order valence-electron chi connectivity index (χ2n) is 4.10. The van der Waals surface area contributed by atoms with Crippen molar-refractivity contribution in [1.82, 2.24) is 0 Å². The van der Waals surface area contributed by atoms with Crippen LogP contribution in [0.1, 0.15) is 24.4 Å². The molecule has 1 amide bonds. The van der Waals surface area contributed by atoms with Gasteiger partial charge >= 0.3 is 5.97 Å². The van der Waals surface area contributed by atoms with E-state index in [1.807, 2.05) is 0 Å². The van der Waals surface area contributed by atoms with Crippen LogP contribution in [0, 0.1) is 0 Å². The molecule has 1 heterocycles. The molecule has 1 atom stereocenters. The van der Waals surface area contributed by atoms with E-state index in [1.54, 1.807) is 18.2 Å². The van der Waals surface area contributed by atoms with Gasteiger partial charge in [-0.15, -0.1) is 0 Å². The first-order valence-electron chi connectivity index (χ1n) is 5.61. The Hall–Kier alpha value is -2.08. The summed E-state index contributed by atoms with van der Waals surface area (Å²) >= 11 is 0. The zero-order valence-corrected chi connectivity index (χ0v) is 9.68. The molecule has 0 saturated carbocycles. The Bertz CT molecular complexity index is 487. The van der Waals surface area contributed by atoms with Crippen molar-refractivity contribution in [3.8, 4) is 5.75 Å². The number of anilines is 1. The van der Waals surface area contributed by atoms with Gasteiger partial charge in [-0.3, -0.25) is 9.59 Å². The van der Waals surface area contributed by atoms with Gasteiger partial charge in [-0.2, -0.15) is 0 Å². The topological polar surface area (TPSA) is 102 Å². The van der Waals surface area contributed by atoms with Crippen molar-refractivity contribution in [2.24, 2.45) is 5.73 Å². The Labute approximate surface area is 104 Å². The van der Waals surface area contributed by atoms with Gasteiger partial charge in [0.05, 0.1) is 5.69 Å². The third-order valence-electron chi connectivity index (χ3n) is 2.74. The summed E-state index contributed by atoms with van der Waals surface area (Å²) in [4.78, 5) is 21.7. The maximum Gasteiger partial charge on any atom is 0.303 e. The first-order chi connectivity index (χ1) is 8.58. The quantitative estimate of drug-likeness (QED) is 0.736. The maximum absolute atomic E-state index is 11.2. The molecule has 18 heavy (non-hydrogen) atoms. The molecule has 1 aliphatic rings. The van der Waals surface area contributed by atoms with E-state index in [9.17, 15) is 9.59 Å². The van der Waals surface area contributed by atoms with Gasteiger partial charge in [0, 0.05) is 18.0 Å². The summed E-state index contributed by atoms with van der Waals surface area (Å²) < 4.78 is 5.36. The van der Waals surface area contributed by atoms with Gasteiger partial charge in [0.15, 0.2) is 6.61 Å². The molecule has 0 aliphatic carbocycles. The zero-order chi connectivity index (χ0) is 13.1. The number of nitrogens with one attached hydrogen (secondary N) is 1. The van der Waals surface area contributed by atoms with Crippen LogP contribution in [0.5, 0.6) is 5.75 Å². The molecule has 1 unspecified atom stereocenters. The molecule has 0 saturated heterocycles. The van der Waals surface area contributed by atoms with Crippen LogP contribution in [-0.4, -0.2) is 23.6 Å². The molecule has 1 aromatic rings. The van der Waals surface area contributed by atoms with Gasteiger partial charge in [0.2, 0.25) is 0 Å². The second-order valence-corrected chi connectivity index (χ2v) is 4.10. The summed E-state index contributed by atoms with van der Waals surface area (Å²) in [5, 5.41) is 11.3. The highest BCUT2D eigenvalue weighted by Gasteiger charge is 2.22. The summed E-state index contributed by atoms with van der Waals surface area (Å²) in [6.45, 7) is -0.0460. The number of ether oxygens (including phenoxy) is 1. The van der Waals surface area contributed by atoms with E-state index in [-0.39, 0.29) is 18.9 Å². The van der Waals surface area contributed by atoms with Crippen LogP contribution >= 0.6 is 0 Å². The molecule has 6 heteroatoms. The Morgan fingerprint density at radius 1 is 1.56 bits per heavy atom. The molecule has 0 fully saturated rings. The van der Waals surface area contributed by atoms with E-state index in [1.165, 1.54) is 0 Å². The first-order valence-corrected chi connectivity index (χ1v) is 5.61. The van der Waals surface area contributed by atoms with Gasteiger partial charge in [-0.05, 0) is 12.5 Å². The number of carbonyl (C=O) groups excluding carboxylic acids is 1. The van der Waals surface area contributed by atoms with Crippen molar-refractivity contribution >= 4 is 17.6 Å². The van der Waals surface area contributed by atoms with E-state index in [4.69, 9.17) is 15.6 Å². The van der Waals surface area contributed by atoms with Crippen LogP contribution in [0.15, 0.2) is 18.2 Å². The zero-order valence-electron chi connectivity index (χ0n) is 9.68. The molecule has 6 nitrogen and oxygen atoms in total. The number of para-hydroxylation sites is 1. The van der Waals surface area contributed by atoms with Gasteiger partial charge in [-0.25, -0.2) is 0 Å². The number of carbonyl (C=O) groups is 2. The number of carboxylic acids is 1. The smallest absolute Gasteiger partial charge is 0.303 e. The third kappa shape index (κ3) is 2.60. The summed E-state index contributed by atoms with van der Waals surface area (Å²) in [5.74, 6) is -0.557. The third-order valence-corrected chi connectivity index (χ3v) is 2.74. The van der Waals surface area contributed by atoms with Crippen LogP contribution in [0.4, 0.5) is 5.69 Å². The predicted octanol–water partition coefficient (Wildman–Crippen LogP) is 0.882. The molecule has 1 aliphatic heterocycles. The molecule has 96 valence electrons. The van der Waals surface area contributed by atoms with Gasteiger partial charge < -0.3 is 20.9 Å². The van der Waals surface area contributed by atoms with Crippen LogP contribution < -0.4 is 15.8 Å². The summed E-state index contributed by atoms with van der Waals surface area (Å²) in [5.41, 5.74) is 7.24. The first kappa shape index (κ1) is 12.4. The molecule has 0 aromatic heterocycles. The number of fused-ring (bicyclic) bond motifs is 1. The fourth-order valence-corrected chi connectivity index (χ4v) is 1.86. The van der Waals surface area contributed by atoms with Crippen molar-refractivity contribution < 1.29 is 19.4 Å². The summed E-state index contributed by atoms with van der Waals surface area (Å²) in [6, 6.07) is 4.83. The number of amides is 1. The normalized spacial score (nSPS) is 15.3. The van der Waals surface area contributed by atoms with Gasteiger partial charge in [0.1, 0.15) is 5.75 Å².